The van der Waals surface area contributed by atoms with Crippen LogP contribution in [0.15, 0.2) is 0 Å². The van der Waals surface area contributed by atoms with E-state index in [-0.39, 0.29) is 11.7 Å². The summed E-state index contributed by atoms with van der Waals surface area (Å²) in [5, 5.41) is 0. The predicted octanol–water partition coefficient (Wildman–Crippen LogP) is 0.116. The summed E-state index contributed by atoms with van der Waals surface area (Å²) in [6, 6.07) is 0. The van der Waals surface area contributed by atoms with Crippen LogP contribution in [0.1, 0.15) is 26.7 Å². The summed E-state index contributed by atoms with van der Waals surface area (Å²) in [5.74, 6) is 1.31. The number of sulfonamides is 1. The third-order valence-electron chi connectivity index (χ3n) is 4.46. The molecule has 0 radical (unpaired) electrons. The highest BCUT2D eigenvalue weighted by Crippen LogP contribution is 2.39. The van der Waals surface area contributed by atoms with Gasteiger partial charge in [0.2, 0.25) is 15.9 Å². The number of amides is 1. The molecule has 2 fully saturated rings. The second kappa shape index (κ2) is 7.07. The second-order valence-corrected chi connectivity index (χ2v) is 8.23. The van der Waals surface area contributed by atoms with E-state index in [9.17, 15) is 13.2 Å². The molecule has 0 bridgehead atoms. The van der Waals surface area contributed by atoms with Crippen molar-refractivity contribution in [1.29, 1.82) is 0 Å². The van der Waals surface area contributed by atoms with Gasteiger partial charge in [0.1, 0.15) is 0 Å². The summed E-state index contributed by atoms with van der Waals surface area (Å²) in [6.45, 7) is 8.56. The Labute approximate surface area is 127 Å². The number of nitrogens with zero attached hydrogens (tertiary/aromatic N) is 2. The Hall–Kier alpha value is -0.660. The molecule has 1 amide bonds. The average molecular weight is 317 g/mol. The van der Waals surface area contributed by atoms with Crippen LogP contribution in [-0.4, -0.2) is 69.1 Å². The number of carbonyl (C=O) groups excluding carboxylic acids is 1. The minimum Gasteiger partial charge on any atom is -0.340 e. The maximum atomic E-state index is 12.1. The minimum absolute atomic E-state index is 0.132. The molecule has 2 aliphatic rings. The zero-order valence-corrected chi connectivity index (χ0v) is 13.9. The molecule has 2 unspecified atom stereocenters. The monoisotopic (exact) mass is 317 g/mol. The van der Waals surface area contributed by atoms with Gasteiger partial charge in [-0.25, -0.2) is 13.1 Å². The number of nitrogens with one attached hydrogen (secondary N) is 1. The van der Waals surface area contributed by atoms with E-state index in [1.165, 1.54) is 0 Å². The third-order valence-corrected chi connectivity index (χ3v) is 5.87. The maximum Gasteiger partial charge on any atom is 0.226 e. The van der Waals surface area contributed by atoms with Crippen LogP contribution in [0.2, 0.25) is 0 Å². The van der Waals surface area contributed by atoms with Crippen LogP contribution in [0, 0.1) is 11.8 Å². The molecule has 6 nitrogen and oxygen atoms in total. The van der Waals surface area contributed by atoms with E-state index in [4.69, 9.17) is 0 Å². The molecule has 1 N–H and O–H groups in total. The van der Waals surface area contributed by atoms with Crippen molar-refractivity contribution in [3.05, 3.63) is 0 Å². The lowest BCUT2D eigenvalue weighted by Gasteiger charge is -2.35. The van der Waals surface area contributed by atoms with Gasteiger partial charge < -0.3 is 4.90 Å². The standard InChI is InChI=1S/C14H27N3O3S/c1-3-21(19,20)15-5-4-6-16-7-9-17(10-8-16)14(18)13-11-12(13)2/h12-13,15H,3-11H2,1-2H3. The van der Waals surface area contributed by atoms with Gasteiger partial charge in [-0.1, -0.05) is 6.92 Å². The zero-order valence-electron chi connectivity index (χ0n) is 13.0. The van der Waals surface area contributed by atoms with Crippen LogP contribution < -0.4 is 4.72 Å². The van der Waals surface area contributed by atoms with E-state index in [0.29, 0.717) is 18.4 Å². The molecule has 2 rings (SSSR count). The number of rotatable bonds is 7. The van der Waals surface area contributed by atoms with Gasteiger partial charge in [0.05, 0.1) is 5.75 Å². The lowest BCUT2D eigenvalue weighted by atomic mass is 10.2. The number of hydrogen-bond acceptors (Lipinski definition) is 4. The Bertz CT molecular complexity index is 458. The van der Waals surface area contributed by atoms with E-state index >= 15 is 0 Å². The predicted molar refractivity (Wildman–Crippen MR) is 82.4 cm³/mol. The second-order valence-electron chi connectivity index (χ2n) is 6.14. The Balaban J connectivity index is 1.60. The SMILES string of the molecule is CCS(=O)(=O)NCCCN1CCN(C(=O)C2CC2C)CC1. The van der Waals surface area contributed by atoms with Crippen molar-refractivity contribution < 1.29 is 13.2 Å². The van der Waals surface area contributed by atoms with Gasteiger partial charge in [-0.2, -0.15) is 0 Å². The van der Waals surface area contributed by atoms with Gasteiger partial charge in [-0.05, 0) is 32.2 Å². The first-order valence-corrected chi connectivity index (χ1v) is 9.56. The van der Waals surface area contributed by atoms with E-state index in [0.717, 1.165) is 45.6 Å². The lowest BCUT2D eigenvalue weighted by molar-refractivity contribution is -0.134. The van der Waals surface area contributed by atoms with Crippen molar-refractivity contribution in [2.24, 2.45) is 11.8 Å². The van der Waals surface area contributed by atoms with Gasteiger partial charge in [0.25, 0.3) is 0 Å². The van der Waals surface area contributed by atoms with Crippen molar-refractivity contribution in [2.75, 3.05) is 45.0 Å². The molecular formula is C14H27N3O3S. The molecule has 0 aromatic heterocycles. The molecule has 1 aliphatic carbocycles. The van der Waals surface area contributed by atoms with Crippen molar-refractivity contribution in [2.45, 2.75) is 26.7 Å². The summed E-state index contributed by atoms with van der Waals surface area (Å²) in [4.78, 5) is 16.4. The van der Waals surface area contributed by atoms with E-state index in [1.54, 1.807) is 6.92 Å². The summed E-state index contributed by atoms with van der Waals surface area (Å²) in [6.07, 6.45) is 1.86. The first-order valence-electron chi connectivity index (χ1n) is 7.91. The van der Waals surface area contributed by atoms with Crippen molar-refractivity contribution in [3.8, 4) is 0 Å². The maximum absolute atomic E-state index is 12.1. The zero-order chi connectivity index (χ0) is 15.5. The number of carbonyl (C=O) groups is 1. The van der Waals surface area contributed by atoms with Gasteiger partial charge in [0, 0.05) is 38.6 Å². The van der Waals surface area contributed by atoms with Gasteiger partial charge in [-0.15, -0.1) is 0 Å². The molecule has 0 spiro atoms. The van der Waals surface area contributed by atoms with Crippen LogP contribution in [0.4, 0.5) is 0 Å². The van der Waals surface area contributed by atoms with Gasteiger partial charge >= 0.3 is 0 Å². The quantitative estimate of drug-likeness (QED) is 0.677. The molecule has 0 aromatic rings. The Morgan fingerprint density at radius 3 is 2.38 bits per heavy atom. The molecule has 122 valence electrons. The fraction of sp³-hybridized carbons (Fsp3) is 0.929. The Morgan fingerprint density at radius 1 is 1.24 bits per heavy atom. The van der Waals surface area contributed by atoms with E-state index < -0.39 is 10.0 Å². The number of hydrogen-bond donors (Lipinski definition) is 1. The van der Waals surface area contributed by atoms with Crippen LogP contribution in [0.3, 0.4) is 0 Å². The van der Waals surface area contributed by atoms with Crippen molar-refractivity contribution in [3.63, 3.8) is 0 Å². The molecule has 7 heteroatoms. The minimum atomic E-state index is -3.07. The lowest BCUT2D eigenvalue weighted by Crippen LogP contribution is -2.49. The molecule has 1 saturated carbocycles. The number of piperazine rings is 1. The molecule has 21 heavy (non-hydrogen) atoms. The topological polar surface area (TPSA) is 69.7 Å². The molecule has 1 aliphatic heterocycles. The Morgan fingerprint density at radius 2 is 1.86 bits per heavy atom. The molecule has 0 aromatic carbocycles. The van der Waals surface area contributed by atoms with Crippen LogP contribution in [-0.2, 0) is 14.8 Å². The summed E-state index contributed by atoms with van der Waals surface area (Å²) >= 11 is 0. The van der Waals surface area contributed by atoms with E-state index in [1.807, 2.05) is 4.90 Å². The van der Waals surface area contributed by atoms with Crippen LogP contribution >= 0.6 is 0 Å². The molecule has 1 saturated heterocycles. The average Bonchev–Trinajstić information content (AvgIpc) is 3.20. The van der Waals surface area contributed by atoms with Crippen molar-refractivity contribution >= 4 is 15.9 Å². The van der Waals surface area contributed by atoms with Crippen LogP contribution in [0.25, 0.3) is 0 Å². The first-order chi connectivity index (χ1) is 9.93. The van der Waals surface area contributed by atoms with E-state index in [2.05, 4.69) is 16.5 Å². The summed E-state index contributed by atoms with van der Waals surface area (Å²) in [5.41, 5.74) is 0. The van der Waals surface area contributed by atoms with Gasteiger partial charge in [0.15, 0.2) is 0 Å². The highest BCUT2D eigenvalue weighted by atomic mass is 32.2. The first kappa shape index (κ1) is 16.7. The molecule has 1 heterocycles. The molecule has 2 atom stereocenters. The van der Waals surface area contributed by atoms with Gasteiger partial charge in [-0.3, -0.25) is 9.69 Å². The normalized spacial score (nSPS) is 26.9. The highest BCUT2D eigenvalue weighted by Gasteiger charge is 2.41. The highest BCUT2D eigenvalue weighted by molar-refractivity contribution is 7.89. The Kier molecular flexibility index (Phi) is 5.62. The summed E-state index contributed by atoms with van der Waals surface area (Å²) < 4.78 is 25.2. The van der Waals surface area contributed by atoms with Crippen molar-refractivity contribution in [1.82, 2.24) is 14.5 Å². The fourth-order valence-electron chi connectivity index (χ4n) is 2.72. The summed E-state index contributed by atoms with van der Waals surface area (Å²) in [7, 11) is -3.07. The van der Waals surface area contributed by atoms with Crippen LogP contribution in [0.5, 0.6) is 0 Å². The largest absolute Gasteiger partial charge is 0.340 e. The fourth-order valence-corrected chi connectivity index (χ4v) is 3.38. The smallest absolute Gasteiger partial charge is 0.226 e. The molecular weight excluding hydrogens is 290 g/mol. The third kappa shape index (κ3) is 4.93.